The lowest BCUT2D eigenvalue weighted by atomic mass is 10.2. The maximum Gasteiger partial charge on any atom is 0.327 e. The molecule has 2 atom stereocenters. The second kappa shape index (κ2) is 7.44. The summed E-state index contributed by atoms with van der Waals surface area (Å²) in [4.78, 5) is 43.7. The number of amides is 1. The Morgan fingerprint density at radius 1 is 1.44 bits per heavy atom. The van der Waals surface area contributed by atoms with Crippen LogP contribution in [0.1, 0.15) is 20.3 Å². The van der Waals surface area contributed by atoms with Crippen molar-refractivity contribution in [2.24, 2.45) is 0 Å². The van der Waals surface area contributed by atoms with E-state index < -0.39 is 27.3 Å². The molecule has 0 aromatic carbocycles. The van der Waals surface area contributed by atoms with E-state index in [2.05, 4.69) is 15.3 Å². The average Bonchev–Trinajstić information content (AvgIpc) is 3.11. The number of thioether (sulfide) groups is 1. The van der Waals surface area contributed by atoms with Gasteiger partial charge in [-0.15, -0.1) is 11.8 Å². The largest absolute Gasteiger partial charge is 0.352 e. The third-order valence-electron chi connectivity index (χ3n) is 4.32. The molecule has 3 heterocycles. The van der Waals surface area contributed by atoms with Gasteiger partial charge in [0.15, 0.2) is 0 Å². The van der Waals surface area contributed by atoms with Crippen molar-refractivity contribution in [3.05, 3.63) is 33.1 Å². The van der Waals surface area contributed by atoms with Gasteiger partial charge < -0.3 is 5.32 Å². The summed E-state index contributed by atoms with van der Waals surface area (Å²) in [5, 5.41) is 2.75. The normalized spacial score (nSPS) is 19.3. The third kappa shape index (κ3) is 3.77. The highest BCUT2D eigenvalue weighted by Crippen LogP contribution is 2.28. The minimum Gasteiger partial charge on any atom is -0.352 e. The first-order valence-electron chi connectivity index (χ1n) is 8.26. The minimum absolute atomic E-state index is 0.00967. The number of carbonyl (C=O) groups is 1. The number of nitrogens with one attached hydrogen (secondary N) is 3. The van der Waals surface area contributed by atoms with Gasteiger partial charge >= 0.3 is 5.69 Å². The van der Waals surface area contributed by atoms with Crippen LogP contribution in [-0.2, 0) is 14.8 Å². The van der Waals surface area contributed by atoms with Gasteiger partial charge in [0.2, 0.25) is 15.9 Å². The molecule has 1 fully saturated rings. The highest BCUT2D eigenvalue weighted by Gasteiger charge is 2.40. The van der Waals surface area contributed by atoms with Crippen LogP contribution >= 0.6 is 11.8 Å². The van der Waals surface area contributed by atoms with E-state index in [1.165, 1.54) is 11.8 Å². The number of hydrogen-bond acceptors (Lipinski definition) is 7. The number of fused-ring (bicyclic) bond motifs is 1. The highest BCUT2D eigenvalue weighted by molar-refractivity contribution is 8.00. The topological polar surface area (TPSA) is 145 Å². The second-order valence-electron chi connectivity index (χ2n) is 6.20. The number of H-pyrrole nitrogens is 2. The molecule has 0 radical (unpaired) electrons. The van der Waals surface area contributed by atoms with Crippen LogP contribution in [0.3, 0.4) is 0 Å². The molecule has 1 amide bonds. The van der Waals surface area contributed by atoms with E-state index in [9.17, 15) is 22.8 Å². The first-order chi connectivity index (χ1) is 12.7. The van der Waals surface area contributed by atoms with Crippen molar-refractivity contribution in [3.63, 3.8) is 0 Å². The molecule has 12 heteroatoms. The molecule has 2 aromatic heterocycles. The molecule has 0 spiro atoms. The highest BCUT2D eigenvalue weighted by atomic mass is 32.2. The Bertz CT molecular complexity index is 1090. The number of nitrogens with zero attached hydrogens (tertiary/aromatic N) is 2. The lowest BCUT2D eigenvalue weighted by molar-refractivity contribution is -0.124. The standard InChI is InChI=1S/C15H19N5O5S2/c1-3-8(2)17-14(22)11-6-26-7-20(11)27(24,25)9-4-10-12(16-5-9)18-15(23)19-13(10)21/h4-5,8,11H,3,6-7H2,1-2H3,(H,17,22)(H2,16,18,19,21,23)/t8-,11+/m1/s1. The Balaban J connectivity index is 1.98. The molecule has 10 nitrogen and oxygen atoms in total. The van der Waals surface area contributed by atoms with Gasteiger partial charge in [0.1, 0.15) is 16.6 Å². The molecule has 0 unspecified atom stereocenters. The molecule has 0 bridgehead atoms. The number of aromatic nitrogens is 3. The molecular formula is C15H19N5O5S2. The van der Waals surface area contributed by atoms with Crippen molar-refractivity contribution >= 4 is 38.7 Å². The van der Waals surface area contributed by atoms with Gasteiger partial charge in [0.25, 0.3) is 5.56 Å². The molecule has 1 saturated heterocycles. The van der Waals surface area contributed by atoms with E-state index >= 15 is 0 Å². The van der Waals surface area contributed by atoms with Gasteiger partial charge in [0, 0.05) is 18.0 Å². The molecule has 1 aliphatic rings. The van der Waals surface area contributed by atoms with Crippen molar-refractivity contribution in [3.8, 4) is 0 Å². The summed E-state index contributed by atoms with van der Waals surface area (Å²) in [6.07, 6.45) is 1.80. The number of aromatic amines is 2. The number of rotatable bonds is 5. The summed E-state index contributed by atoms with van der Waals surface area (Å²) in [6.45, 7) is 3.77. The fourth-order valence-electron chi connectivity index (χ4n) is 2.62. The number of sulfonamides is 1. The molecule has 2 aromatic rings. The van der Waals surface area contributed by atoms with E-state index in [0.717, 1.165) is 23.0 Å². The van der Waals surface area contributed by atoms with Crippen LogP contribution in [-0.4, -0.2) is 57.3 Å². The lowest BCUT2D eigenvalue weighted by Gasteiger charge is -2.24. The molecular weight excluding hydrogens is 394 g/mol. The van der Waals surface area contributed by atoms with E-state index in [1.54, 1.807) is 0 Å². The van der Waals surface area contributed by atoms with Crippen molar-refractivity contribution in [2.75, 3.05) is 11.6 Å². The van der Waals surface area contributed by atoms with Gasteiger partial charge in [-0.3, -0.25) is 19.6 Å². The average molecular weight is 413 g/mol. The first-order valence-corrected chi connectivity index (χ1v) is 10.9. The predicted octanol–water partition coefficient (Wildman–Crippen LogP) is -0.410. The van der Waals surface area contributed by atoms with Crippen LogP contribution in [0.15, 0.2) is 26.7 Å². The fraction of sp³-hybridized carbons (Fsp3) is 0.467. The van der Waals surface area contributed by atoms with Crippen molar-refractivity contribution < 1.29 is 13.2 Å². The predicted molar refractivity (Wildman–Crippen MR) is 101 cm³/mol. The van der Waals surface area contributed by atoms with Crippen LogP contribution in [0, 0.1) is 0 Å². The Labute approximate surface area is 158 Å². The molecule has 3 N–H and O–H groups in total. The van der Waals surface area contributed by atoms with Crippen LogP contribution in [0.5, 0.6) is 0 Å². The first kappa shape index (κ1) is 19.6. The minimum atomic E-state index is -4.05. The Morgan fingerprint density at radius 3 is 2.89 bits per heavy atom. The Kier molecular flexibility index (Phi) is 5.40. The SMILES string of the molecule is CC[C@@H](C)NC(=O)[C@@H]1CSCN1S(=O)(=O)c1cnc2[nH]c(=O)[nH]c(=O)c2c1. The summed E-state index contributed by atoms with van der Waals surface area (Å²) in [5.41, 5.74) is -1.47. The number of hydrogen-bond donors (Lipinski definition) is 3. The monoisotopic (exact) mass is 413 g/mol. The van der Waals surface area contributed by atoms with Gasteiger partial charge in [0.05, 0.1) is 11.3 Å². The molecule has 1 aliphatic heterocycles. The van der Waals surface area contributed by atoms with E-state index in [0.29, 0.717) is 5.75 Å². The van der Waals surface area contributed by atoms with Gasteiger partial charge in [-0.25, -0.2) is 18.2 Å². The molecule has 146 valence electrons. The van der Waals surface area contributed by atoms with Crippen molar-refractivity contribution in [1.29, 1.82) is 0 Å². The van der Waals surface area contributed by atoms with E-state index in [1.807, 2.05) is 18.8 Å². The summed E-state index contributed by atoms with van der Waals surface area (Å²) in [7, 11) is -4.05. The van der Waals surface area contributed by atoms with Crippen LogP contribution in [0.25, 0.3) is 11.0 Å². The Morgan fingerprint density at radius 2 is 2.19 bits per heavy atom. The van der Waals surface area contributed by atoms with E-state index in [4.69, 9.17) is 0 Å². The van der Waals surface area contributed by atoms with Crippen LogP contribution in [0.2, 0.25) is 0 Å². The second-order valence-corrected chi connectivity index (χ2v) is 9.09. The quantitative estimate of drug-likeness (QED) is 0.604. The zero-order chi connectivity index (χ0) is 19.8. The van der Waals surface area contributed by atoms with Crippen LogP contribution < -0.4 is 16.6 Å². The smallest absolute Gasteiger partial charge is 0.327 e. The summed E-state index contributed by atoms with van der Waals surface area (Å²) in [5.74, 6) is 0.117. The Hall–Kier alpha value is -2.18. The fourth-order valence-corrected chi connectivity index (χ4v) is 5.74. The van der Waals surface area contributed by atoms with Gasteiger partial charge in [-0.1, -0.05) is 6.92 Å². The number of carbonyl (C=O) groups excluding carboxylic acids is 1. The molecule has 27 heavy (non-hydrogen) atoms. The third-order valence-corrected chi connectivity index (χ3v) is 7.31. The maximum atomic E-state index is 13.0. The summed E-state index contributed by atoms with van der Waals surface area (Å²) in [6, 6.07) is 0.253. The van der Waals surface area contributed by atoms with Gasteiger partial charge in [-0.05, 0) is 19.4 Å². The van der Waals surface area contributed by atoms with E-state index in [-0.39, 0.29) is 33.8 Å². The molecule has 0 saturated carbocycles. The van der Waals surface area contributed by atoms with Gasteiger partial charge in [-0.2, -0.15) is 4.31 Å². The number of pyridine rings is 1. The molecule has 0 aliphatic carbocycles. The van der Waals surface area contributed by atoms with Crippen LogP contribution in [0.4, 0.5) is 0 Å². The molecule has 3 rings (SSSR count). The zero-order valence-electron chi connectivity index (χ0n) is 14.7. The summed E-state index contributed by atoms with van der Waals surface area (Å²) >= 11 is 1.33. The zero-order valence-corrected chi connectivity index (χ0v) is 16.3. The lowest BCUT2D eigenvalue weighted by Crippen LogP contribution is -2.49. The van der Waals surface area contributed by atoms with Crippen molar-refractivity contribution in [1.82, 2.24) is 24.6 Å². The van der Waals surface area contributed by atoms with Crippen molar-refractivity contribution in [2.45, 2.75) is 37.2 Å². The summed E-state index contributed by atoms with van der Waals surface area (Å²) < 4.78 is 27.2. The maximum absolute atomic E-state index is 13.0.